The standard InChI is InChI=1S/C11H18N2O/c1-3-14-9(2)8-13-11-6-4-5-10(12)7-11/h4-7,9,13H,3,8,12H2,1-2H3. The van der Waals surface area contributed by atoms with Gasteiger partial charge in [0, 0.05) is 24.5 Å². The van der Waals surface area contributed by atoms with Crippen LogP contribution in [0.4, 0.5) is 11.4 Å². The number of hydrogen-bond donors (Lipinski definition) is 2. The maximum absolute atomic E-state index is 5.65. The third kappa shape index (κ3) is 3.66. The van der Waals surface area contributed by atoms with Crippen molar-refractivity contribution < 1.29 is 4.74 Å². The molecule has 3 N–H and O–H groups in total. The lowest BCUT2D eigenvalue weighted by atomic mass is 10.2. The highest BCUT2D eigenvalue weighted by Gasteiger charge is 1.99. The summed E-state index contributed by atoms with van der Waals surface area (Å²) in [5.74, 6) is 0. The quantitative estimate of drug-likeness (QED) is 0.706. The molecule has 78 valence electrons. The third-order valence-corrected chi connectivity index (χ3v) is 1.93. The minimum atomic E-state index is 0.224. The molecule has 1 unspecified atom stereocenters. The second-order valence-corrected chi connectivity index (χ2v) is 3.27. The van der Waals surface area contributed by atoms with Gasteiger partial charge in [0.15, 0.2) is 0 Å². The van der Waals surface area contributed by atoms with Crippen molar-refractivity contribution in [3.8, 4) is 0 Å². The molecule has 1 aromatic rings. The molecule has 0 fully saturated rings. The topological polar surface area (TPSA) is 47.3 Å². The van der Waals surface area contributed by atoms with E-state index in [9.17, 15) is 0 Å². The third-order valence-electron chi connectivity index (χ3n) is 1.93. The van der Waals surface area contributed by atoms with Crippen LogP contribution in [-0.2, 0) is 4.74 Å². The van der Waals surface area contributed by atoms with Crippen molar-refractivity contribution in [2.75, 3.05) is 24.2 Å². The minimum Gasteiger partial charge on any atom is -0.399 e. The lowest BCUT2D eigenvalue weighted by Crippen LogP contribution is -2.19. The van der Waals surface area contributed by atoms with E-state index in [1.165, 1.54) is 0 Å². The maximum atomic E-state index is 5.65. The molecule has 0 heterocycles. The van der Waals surface area contributed by atoms with Gasteiger partial charge >= 0.3 is 0 Å². The number of nitrogens with two attached hydrogens (primary N) is 1. The molecule has 0 aliphatic carbocycles. The zero-order valence-corrected chi connectivity index (χ0v) is 8.79. The Hall–Kier alpha value is -1.22. The molecule has 0 spiro atoms. The monoisotopic (exact) mass is 194 g/mol. The molecule has 0 bridgehead atoms. The summed E-state index contributed by atoms with van der Waals surface area (Å²) in [4.78, 5) is 0. The Bertz CT molecular complexity index is 276. The van der Waals surface area contributed by atoms with Gasteiger partial charge in [-0.25, -0.2) is 0 Å². The smallest absolute Gasteiger partial charge is 0.0719 e. The number of nitrogen functional groups attached to an aromatic ring is 1. The van der Waals surface area contributed by atoms with E-state index in [2.05, 4.69) is 5.32 Å². The number of nitrogens with one attached hydrogen (secondary N) is 1. The summed E-state index contributed by atoms with van der Waals surface area (Å²) >= 11 is 0. The Morgan fingerprint density at radius 1 is 1.50 bits per heavy atom. The largest absolute Gasteiger partial charge is 0.399 e. The van der Waals surface area contributed by atoms with Gasteiger partial charge in [-0.05, 0) is 32.0 Å². The molecule has 3 heteroatoms. The summed E-state index contributed by atoms with van der Waals surface area (Å²) in [6.45, 7) is 5.59. The van der Waals surface area contributed by atoms with Gasteiger partial charge in [-0.2, -0.15) is 0 Å². The van der Waals surface area contributed by atoms with Crippen LogP contribution in [0.15, 0.2) is 24.3 Å². The van der Waals surface area contributed by atoms with Crippen LogP contribution in [0, 0.1) is 0 Å². The van der Waals surface area contributed by atoms with Gasteiger partial charge in [-0.15, -0.1) is 0 Å². The average Bonchev–Trinajstić information content (AvgIpc) is 2.15. The first-order valence-electron chi connectivity index (χ1n) is 4.93. The molecular weight excluding hydrogens is 176 g/mol. The van der Waals surface area contributed by atoms with E-state index < -0.39 is 0 Å². The van der Waals surface area contributed by atoms with Gasteiger partial charge in [0.2, 0.25) is 0 Å². The fourth-order valence-corrected chi connectivity index (χ4v) is 1.25. The Morgan fingerprint density at radius 3 is 2.93 bits per heavy atom. The van der Waals surface area contributed by atoms with Crippen LogP contribution in [0.5, 0.6) is 0 Å². The molecule has 0 aliphatic rings. The molecule has 1 atom stereocenters. The highest BCUT2D eigenvalue weighted by Crippen LogP contribution is 2.11. The number of rotatable bonds is 5. The SMILES string of the molecule is CCOC(C)CNc1cccc(N)c1. The van der Waals surface area contributed by atoms with Crippen molar-refractivity contribution in [2.45, 2.75) is 20.0 Å². The Balaban J connectivity index is 2.37. The van der Waals surface area contributed by atoms with Crippen molar-refractivity contribution in [1.82, 2.24) is 0 Å². The Morgan fingerprint density at radius 2 is 2.29 bits per heavy atom. The summed E-state index contributed by atoms with van der Waals surface area (Å²) in [5, 5.41) is 3.27. The molecule has 0 amide bonds. The first-order chi connectivity index (χ1) is 6.72. The number of hydrogen-bond acceptors (Lipinski definition) is 3. The molecule has 14 heavy (non-hydrogen) atoms. The van der Waals surface area contributed by atoms with Gasteiger partial charge < -0.3 is 15.8 Å². The van der Waals surface area contributed by atoms with Crippen LogP contribution >= 0.6 is 0 Å². The highest BCUT2D eigenvalue weighted by atomic mass is 16.5. The van der Waals surface area contributed by atoms with Crippen molar-refractivity contribution in [2.24, 2.45) is 0 Å². The van der Waals surface area contributed by atoms with Crippen LogP contribution < -0.4 is 11.1 Å². The lowest BCUT2D eigenvalue weighted by molar-refractivity contribution is 0.0855. The Kier molecular flexibility index (Phi) is 4.26. The van der Waals surface area contributed by atoms with E-state index in [0.29, 0.717) is 0 Å². The van der Waals surface area contributed by atoms with E-state index in [4.69, 9.17) is 10.5 Å². The minimum absolute atomic E-state index is 0.224. The van der Waals surface area contributed by atoms with E-state index in [1.807, 2.05) is 38.1 Å². The summed E-state index contributed by atoms with van der Waals surface area (Å²) in [7, 11) is 0. The maximum Gasteiger partial charge on any atom is 0.0719 e. The lowest BCUT2D eigenvalue weighted by Gasteiger charge is -2.13. The van der Waals surface area contributed by atoms with E-state index in [0.717, 1.165) is 24.5 Å². The predicted octanol–water partition coefficient (Wildman–Crippen LogP) is 2.11. The first-order valence-corrected chi connectivity index (χ1v) is 4.93. The average molecular weight is 194 g/mol. The van der Waals surface area contributed by atoms with Crippen molar-refractivity contribution >= 4 is 11.4 Å². The van der Waals surface area contributed by atoms with Gasteiger partial charge in [0.1, 0.15) is 0 Å². The number of ether oxygens (including phenoxy) is 1. The molecule has 3 nitrogen and oxygen atoms in total. The van der Waals surface area contributed by atoms with Crippen molar-refractivity contribution in [1.29, 1.82) is 0 Å². The normalized spacial score (nSPS) is 12.4. The van der Waals surface area contributed by atoms with Crippen molar-refractivity contribution in [3.05, 3.63) is 24.3 Å². The van der Waals surface area contributed by atoms with Crippen molar-refractivity contribution in [3.63, 3.8) is 0 Å². The zero-order valence-electron chi connectivity index (χ0n) is 8.79. The van der Waals surface area contributed by atoms with Crippen LogP contribution in [0.2, 0.25) is 0 Å². The predicted molar refractivity (Wildman–Crippen MR) is 60.4 cm³/mol. The second-order valence-electron chi connectivity index (χ2n) is 3.27. The molecule has 0 radical (unpaired) electrons. The van der Waals surface area contributed by atoms with Gasteiger partial charge in [-0.1, -0.05) is 6.07 Å². The molecule has 0 aromatic heterocycles. The molecule has 0 saturated heterocycles. The summed E-state index contributed by atoms with van der Waals surface area (Å²) in [6.07, 6.45) is 0.224. The van der Waals surface area contributed by atoms with Gasteiger partial charge in [0.05, 0.1) is 6.10 Å². The van der Waals surface area contributed by atoms with Crippen LogP contribution in [0.1, 0.15) is 13.8 Å². The fraction of sp³-hybridized carbons (Fsp3) is 0.455. The Labute approximate surface area is 85.3 Å². The summed E-state index contributed by atoms with van der Waals surface area (Å²) in [6, 6.07) is 7.72. The number of anilines is 2. The molecular formula is C11H18N2O. The van der Waals surface area contributed by atoms with Gasteiger partial charge in [-0.3, -0.25) is 0 Å². The van der Waals surface area contributed by atoms with E-state index >= 15 is 0 Å². The molecule has 0 saturated carbocycles. The molecule has 0 aliphatic heterocycles. The van der Waals surface area contributed by atoms with E-state index in [-0.39, 0.29) is 6.10 Å². The summed E-state index contributed by atoms with van der Waals surface area (Å²) in [5.41, 5.74) is 7.47. The van der Waals surface area contributed by atoms with Crippen LogP contribution in [0.25, 0.3) is 0 Å². The molecule has 1 aromatic carbocycles. The fourth-order valence-electron chi connectivity index (χ4n) is 1.25. The zero-order chi connectivity index (χ0) is 10.4. The second kappa shape index (κ2) is 5.50. The molecule has 1 rings (SSSR count). The van der Waals surface area contributed by atoms with E-state index in [1.54, 1.807) is 0 Å². The highest BCUT2D eigenvalue weighted by molar-refractivity contribution is 5.54. The number of benzene rings is 1. The first kappa shape index (κ1) is 10.9. The van der Waals surface area contributed by atoms with Gasteiger partial charge in [0.25, 0.3) is 0 Å². The van der Waals surface area contributed by atoms with Crippen LogP contribution in [0.3, 0.4) is 0 Å². The summed E-state index contributed by atoms with van der Waals surface area (Å²) < 4.78 is 5.40. The van der Waals surface area contributed by atoms with Crippen LogP contribution in [-0.4, -0.2) is 19.3 Å².